The Labute approximate surface area is 136 Å². The highest BCUT2D eigenvalue weighted by atomic mass is 79.9. The van der Waals surface area contributed by atoms with Crippen molar-refractivity contribution < 1.29 is 0 Å². The first-order valence-electron chi connectivity index (χ1n) is 7.63. The second-order valence-corrected chi connectivity index (χ2v) is 8.08. The second-order valence-electron chi connectivity index (χ2n) is 5.23. The van der Waals surface area contributed by atoms with Gasteiger partial charge in [-0.1, -0.05) is 92.2 Å². The van der Waals surface area contributed by atoms with Crippen molar-refractivity contribution >= 4 is 38.9 Å². The average molecular weight is 366 g/mol. The molecular weight excluding hydrogens is 340 g/mol. The molecule has 0 N–H and O–H groups in total. The number of unbranched alkanes of at least 4 members (excludes halogenated alkanes) is 8. The van der Waals surface area contributed by atoms with Crippen LogP contribution in [0.4, 0.5) is 0 Å². The summed E-state index contributed by atoms with van der Waals surface area (Å²) in [6.45, 7) is 2.28. The van der Waals surface area contributed by atoms with Crippen LogP contribution < -0.4 is 0 Å². The van der Waals surface area contributed by atoms with E-state index in [0.717, 1.165) is 4.34 Å². The first kappa shape index (κ1) is 17.5. The van der Waals surface area contributed by atoms with Crippen molar-refractivity contribution in [2.24, 2.45) is 0 Å². The van der Waals surface area contributed by atoms with Crippen LogP contribution in [-0.4, -0.2) is 0 Å². The summed E-state index contributed by atoms with van der Waals surface area (Å²) in [7, 11) is 0. The molecule has 1 aromatic heterocycles. The molecule has 0 fully saturated rings. The second kappa shape index (κ2) is 11.2. The van der Waals surface area contributed by atoms with Gasteiger partial charge >= 0.3 is 0 Å². The summed E-state index contributed by atoms with van der Waals surface area (Å²) in [4.78, 5) is 1.86. The van der Waals surface area contributed by atoms with Gasteiger partial charge < -0.3 is 0 Å². The monoisotopic (exact) mass is 364 g/mol. The van der Waals surface area contributed by atoms with E-state index >= 15 is 0 Å². The molecule has 110 valence electrons. The van der Waals surface area contributed by atoms with E-state index in [1.54, 1.807) is 11.3 Å². The number of halogens is 2. The first-order chi connectivity index (χ1) is 9.24. The number of hydrogen-bond donors (Lipinski definition) is 0. The summed E-state index contributed by atoms with van der Waals surface area (Å²) in [6.07, 6.45) is 13.8. The molecule has 0 amide bonds. The highest BCUT2D eigenvalue weighted by Crippen LogP contribution is 2.35. The van der Waals surface area contributed by atoms with Gasteiger partial charge in [-0.3, -0.25) is 0 Å². The molecule has 1 aromatic rings. The van der Waals surface area contributed by atoms with Gasteiger partial charge in [-0.2, -0.15) is 0 Å². The number of thiophene rings is 1. The van der Waals surface area contributed by atoms with E-state index in [9.17, 15) is 0 Å². The molecule has 0 aliphatic heterocycles. The van der Waals surface area contributed by atoms with E-state index in [2.05, 4.69) is 28.9 Å². The van der Waals surface area contributed by atoms with Gasteiger partial charge in [0.2, 0.25) is 0 Å². The van der Waals surface area contributed by atoms with Crippen molar-refractivity contribution in [2.75, 3.05) is 0 Å². The third-order valence-electron chi connectivity index (χ3n) is 3.46. The molecule has 1 rings (SSSR count). The van der Waals surface area contributed by atoms with Gasteiger partial charge in [-0.05, 0) is 18.6 Å². The molecule has 1 heterocycles. The maximum atomic E-state index is 5.96. The van der Waals surface area contributed by atoms with E-state index in [1.165, 1.54) is 69.1 Å². The van der Waals surface area contributed by atoms with Crippen LogP contribution >= 0.6 is 38.9 Å². The van der Waals surface area contributed by atoms with Crippen molar-refractivity contribution in [1.82, 2.24) is 0 Å². The summed E-state index contributed by atoms with van der Waals surface area (Å²) in [5, 5.41) is 0. The van der Waals surface area contributed by atoms with Crippen molar-refractivity contribution in [3.05, 3.63) is 21.3 Å². The lowest BCUT2D eigenvalue weighted by Crippen LogP contribution is -1.87. The Balaban J connectivity index is 1.93. The lowest BCUT2D eigenvalue weighted by Gasteiger charge is -2.07. The lowest BCUT2D eigenvalue weighted by molar-refractivity contribution is 0.556. The Hall–Kier alpha value is 0.470. The number of rotatable bonds is 11. The normalized spacial score (nSPS) is 12.8. The van der Waals surface area contributed by atoms with E-state index in [0.29, 0.717) is 4.83 Å². The van der Waals surface area contributed by atoms with Crippen LogP contribution in [0.5, 0.6) is 0 Å². The molecule has 0 nitrogen and oxygen atoms in total. The van der Waals surface area contributed by atoms with Gasteiger partial charge in [0.1, 0.15) is 0 Å². The van der Waals surface area contributed by atoms with Crippen LogP contribution in [0.15, 0.2) is 12.1 Å². The molecule has 3 heteroatoms. The molecule has 0 radical (unpaired) electrons. The summed E-state index contributed by atoms with van der Waals surface area (Å²) >= 11 is 11.4. The molecule has 0 saturated heterocycles. The van der Waals surface area contributed by atoms with E-state index in [-0.39, 0.29) is 0 Å². The van der Waals surface area contributed by atoms with Gasteiger partial charge in [0.15, 0.2) is 0 Å². The molecule has 0 aromatic carbocycles. The largest absolute Gasteiger partial charge is 0.127 e. The maximum absolute atomic E-state index is 5.96. The van der Waals surface area contributed by atoms with E-state index in [4.69, 9.17) is 11.6 Å². The smallest absolute Gasteiger partial charge is 0.0931 e. The van der Waals surface area contributed by atoms with Gasteiger partial charge in [-0.25, -0.2) is 0 Å². The molecule has 0 spiro atoms. The highest BCUT2D eigenvalue weighted by molar-refractivity contribution is 9.09. The zero-order valence-corrected chi connectivity index (χ0v) is 15.1. The van der Waals surface area contributed by atoms with Crippen LogP contribution in [0.3, 0.4) is 0 Å². The van der Waals surface area contributed by atoms with Gasteiger partial charge in [-0.15, -0.1) is 11.3 Å². The first-order valence-corrected chi connectivity index (χ1v) is 9.74. The SMILES string of the molecule is CCCCCCCCCCCC(Br)c1ccc(Cl)s1. The molecule has 0 bridgehead atoms. The van der Waals surface area contributed by atoms with Crippen LogP contribution in [0, 0.1) is 0 Å². The van der Waals surface area contributed by atoms with E-state index < -0.39 is 0 Å². The maximum Gasteiger partial charge on any atom is 0.0931 e. The Bertz CT molecular complexity index is 324. The lowest BCUT2D eigenvalue weighted by atomic mass is 10.1. The van der Waals surface area contributed by atoms with Gasteiger partial charge in [0.25, 0.3) is 0 Å². The summed E-state index contributed by atoms with van der Waals surface area (Å²) in [5.41, 5.74) is 0. The fraction of sp³-hybridized carbons (Fsp3) is 0.750. The van der Waals surface area contributed by atoms with Gasteiger partial charge in [0.05, 0.1) is 4.34 Å². The van der Waals surface area contributed by atoms with E-state index in [1.807, 2.05) is 6.07 Å². The minimum absolute atomic E-state index is 0.495. The minimum atomic E-state index is 0.495. The number of alkyl halides is 1. The molecule has 0 aliphatic rings. The van der Waals surface area contributed by atoms with Crippen molar-refractivity contribution in [3.8, 4) is 0 Å². The van der Waals surface area contributed by atoms with Crippen LogP contribution in [0.1, 0.15) is 80.8 Å². The third-order valence-corrected chi connectivity index (χ3v) is 6.06. The molecule has 0 aliphatic carbocycles. The minimum Gasteiger partial charge on any atom is -0.127 e. The summed E-state index contributed by atoms with van der Waals surface area (Å²) in [6, 6.07) is 4.13. The number of hydrogen-bond acceptors (Lipinski definition) is 1. The molecule has 0 saturated carbocycles. The third kappa shape index (κ3) is 8.37. The highest BCUT2D eigenvalue weighted by Gasteiger charge is 2.09. The van der Waals surface area contributed by atoms with Crippen LogP contribution in [0.2, 0.25) is 4.34 Å². The Morgan fingerprint density at radius 1 is 1.00 bits per heavy atom. The molecule has 1 atom stereocenters. The van der Waals surface area contributed by atoms with Gasteiger partial charge in [0, 0.05) is 9.70 Å². The Kier molecular flexibility index (Phi) is 10.3. The summed E-state index contributed by atoms with van der Waals surface area (Å²) < 4.78 is 0.895. The van der Waals surface area contributed by atoms with Crippen LogP contribution in [-0.2, 0) is 0 Å². The van der Waals surface area contributed by atoms with Crippen molar-refractivity contribution in [2.45, 2.75) is 76.0 Å². The topological polar surface area (TPSA) is 0 Å². The van der Waals surface area contributed by atoms with Crippen LogP contribution in [0.25, 0.3) is 0 Å². The molecule has 1 unspecified atom stereocenters. The zero-order chi connectivity index (χ0) is 13.9. The standard InChI is InChI=1S/C16H26BrClS/c1-2-3-4-5-6-7-8-9-10-11-14(17)15-12-13-16(18)19-15/h12-14H,2-11H2,1H3. The zero-order valence-electron chi connectivity index (χ0n) is 12.0. The average Bonchev–Trinajstić information content (AvgIpc) is 2.83. The fourth-order valence-electron chi connectivity index (χ4n) is 2.27. The predicted molar refractivity (Wildman–Crippen MR) is 92.8 cm³/mol. The van der Waals surface area contributed by atoms with Crippen molar-refractivity contribution in [1.29, 1.82) is 0 Å². The van der Waals surface area contributed by atoms with Crippen molar-refractivity contribution in [3.63, 3.8) is 0 Å². The Morgan fingerprint density at radius 2 is 1.58 bits per heavy atom. The molecule has 19 heavy (non-hydrogen) atoms. The molecular formula is C16H26BrClS. The fourth-order valence-corrected chi connectivity index (χ4v) is 4.10. The quantitative estimate of drug-likeness (QED) is 0.277. The summed E-state index contributed by atoms with van der Waals surface area (Å²) in [5.74, 6) is 0. The predicted octanol–water partition coefficient (Wildman–Crippen LogP) is 7.76. The Morgan fingerprint density at radius 3 is 2.11 bits per heavy atom.